The third kappa shape index (κ3) is 11.5. The largest absolute Gasteiger partial charge is 0.480 e. The molecule has 0 aromatic heterocycles. The van der Waals surface area contributed by atoms with Crippen LogP contribution in [-0.4, -0.2) is 148 Å². The summed E-state index contributed by atoms with van der Waals surface area (Å²) < 4.78 is 0. The minimum atomic E-state index is -1.16. The lowest BCUT2D eigenvalue weighted by Gasteiger charge is -2.37. The maximum atomic E-state index is 11.6. The Morgan fingerprint density at radius 3 is 1.41 bits per heavy atom. The van der Waals surface area contributed by atoms with Gasteiger partial charge < -0.3 is 26.2 Å². The molecule has 1 saturated heterocycles. The van der Waals surface area contributed by atoms with Crippen LogP contribution in [0.2, 0.25) is 0 Å². The Kier molecular flexibility index (Phi) is 11.5. The van der Waals surface area contributed by atoms with Crippen molar-refractivity contribution in [2.24, 2.45) is 5.73 Å². The van der Waals surface area contributed by atoms with E-state index in [0.717, 1.165) is 0 Å². The maximum absolute atomic E-state index is 11.6. The lowest BCUT2D eigenvalue weighted by molar-refractivity contribution is -0.142. The van der Waals surface area contributed by atoms with E-state index in [4.69, 9.17) is 10.8 Å². The van der Waals surface area contributed by atoms with Gasteiger partial charge in [-0.05, 0) is 0 Å². The molecule has 0 radical (unpaired) electrons. The van der Waals surface area contributed by atoms with E-state index < -0.39 is 42.4 Å². The molecule has 0 spiro atoms. The molecule has 1 aliphatic rings. The number of rotatable bonds is 10. The summed E-state index contributed by atoms with van der Waals surface area (Å²) in [6, 6.07) is -0.720. The highest BCUT2D eigenvalue weighted by molar-refractivity contribution is 5.75. The molecule has 6 N–H and O–H groups in total. The van der Waals surface area contributed by atoms with Gasteiger partial charge in [-0.1, -0.05) is 0 Å². The van der Waals surface area contributed by atoms with Crippen LogP contribution in [0.4, 0.5) is 0 Å². The molecule has 32 heavy (non-hydrogen) atoms. The number of hydrogen-bond donors (Lipinski definition) is 5. The first-order valence-corrected chi connectivity index (χ1v) is 10.0. The molecule has 0 bridgehead atoms. The van der Waals surface area contributed by atoms with Crippen molar-refractivity contribution >= 4 is 29.8 Å². The molecule has 1 heterocycles. The molecule has 1 fully saturated rings. The van der Waals surface area contributed by atoms with Crippen molar-refractivity contribution in [3.05, 3.63) is 0 Å². The van der Waals surface area contributed by atoms with Crippen LogP contribution in [0.3, 0.4) is 0 Å². The Labute approximate surface area is 184 Å². The van der Waals surface area contributed by atoms with Crippen molar-refractivity contribution in [1.29, 1.82) is 0 Å². The summed E-state index contributed by atoms with van der Waals surface area (Å²) in [6.45, 7) is -0.436. The molecule has 1 unspecified atom stereocenters. The van der Waals surface area contributed by atoms with Gasteiger partial charge in [0.2, 0.25) is 5.91 Å². The van der Waals surface area contributed by atoms with Gasteiger partial charge >= 0.3 is 23.9 Å². The number of nitrogens with two attached hydrogens (primary N) is 1. The van der Waals surface area contributed by atoms with Crippen molar-refractivity contribution in [1.82, 2.24) is 19.6 Å². The molecule has 0 saturated carbocycles. The van der Waals surface area contributed by atoms with Crippen LogP contribution in [0.5, 0.6) is 0 Å². The highest BCUT2D eigenvalue weighted by Crippen LogP contribution is 2.10. The van der Waals surface area contributed by atoms with Crippen molar-refractivity contribution in [3.63, 3.8) is 0 Å². The van der Waals surface area contributed by atoms with E-state index in [1.165, 1.54) is 9.80 Å². The van der Waals surface area contributed by atoms with Gasteiger partial charge in [0.05, 0.1) is 26.2 Å². The molecule has 0 aliphatic carbocycles. The Morgan fingerprint density at radius 1 is 0.625 bits per heavy atom. The van der Waals surface area contributed by atoms with E-state index in [1.807, 2.05) is 0 Å². The van der Waals surface area contributed by atoms with E-state index >= 15 is 0 Å². The van der Waals surface area contributed by atoms with Gasteiger partial charge in [-0.25, -0.2) is 0 Å². The van der Waals surface area contributed by atoms with Crippen LogP contribution < -0.4 is 5.73 Å². The summed E-state index contributed by atoms with van der Waals surface area (Å²) in [5.41, 5.74) is 5.34. The number of carbonyl (C=O) groups is 5. The topological polar surface area (TPSA) is 205 Å². The molecule has 182 valence electrons. The third-order valence-corrected chi connectivity index (χ3v) is 5.01. The van der Waals surface area contributed by atoms with E-state index in [9.17, 15) is 39.3 Å². The summed E-state index contributed by atoms with van der Waals surface area (Å²) in [5, 5.41) is 36.9. The fourth-order valence-corrected chi connectivity index (χ4v) is 3.59. The minimum absolute atomic E-state index is 0.0162. The average molecular weight is 461 g/mol. The monoisotopic (exact) mass is 461 g/mol. The number of aliphatic carboxylic acids is 4. The SMILES string of the molecule is NC(=O)CC1CN(CC(=O)O)CCN(CC(=O)O)CCN(CC(=O)O)CCN1CC(=O)O. The van der Waals surface area contributed by atoms with Gasteiger partial charge in [0.25, 0.3) is 0 Å². The molecule has 14 nitrogen and oxygen atoms in total. The number of primary amides is 1. The van der Waals surface area contributed by atoms with Crippen LogP contribution in [0, 0.1) is 0 Å². The van der Waals surface area contributed by atoms with Crippen molar-refractivity contribution in [2.75, 3.05) is 72.0 Å². The summed E-state index contributed by atoms with van der Waals surface area (Å²) in [6.07, 6.45) is -0.221. The fourth-order valence-electron chi connectivity index (χ4n) is 3.59. The highest BCUT2D eigenvalue weighted by Gasteiger charge is 2.28. The first-order chi connectivity index (χ1) is 15.0. The van der Waals surface area contributed by atoms with Crippen LogP contribution in [-0.2, 0) is 24.0 Å². The molecular weight excluding hydrogens is 430 g/mol. The number of amides is 1. The van der Waals surface area contributed by atoms with Gasteiger partial charge in [-0.3, -0.25) is 43.6 Å². The van der Waals surface area contributed by atoms with E-state index in [2.05, 4.69) is 0 Å². The minimum Gasteiger partial charge on any atom is -0.480 e. The van der Waals surface area contributed by atoms with Crippen molar-refractivity contribution in [3.8, 4) is 0 Å². The van der Waals surface area contributed by atoms with Gasteiger partial charge in [-0.2, -0.15) is 0 Å². The number of nitrogens with zero attached hydrogens (tertiary/aromatic N) is 4. The smallest absolute Gasteiger partial charge is 0.317 e. The number of hydrogen-bond acceptors (Lipinski definition) is 9. The van der Waals surface area contributed by atoms with Gasteiger partial charge in [0, 0.05) is 58.3 Å². The molecule has 1 rings (SSSR count). The Balaban J connectivity index is 3.21. The molecule has 0 aromatic rings. The second kappa shape index (κ2) is 13.6. The van der Waals surface area contributed by atoms with Crippen LogP contribution in [0.1, 0.15) is 6.42 Å². The lowest BCUT2D eigenvalue weighted by atomic mass is 10.1. The first kappa shape index (κ1) is 27.2. The summed E-state index contributed by atoms with van der Waals surface area (Å²) in [7, 11) is 0. The van der Waals surface area contributed by atoms with Gasteiger partial charge in [-0.15, -0.1) is 0 Å². The summed E-state index contributed by atoms with van der Waals surface area (Å²) >= 11 is 0. The maximum Gasteiger partial charge on any atom is 0.317 e. The zero-order valence-electron chi connectivity index (χ0n) is 17.8. The molecule has 1 aliphatic heterocycles. The normalized spacial score (nSPS) is 20.7. The zero-order chi connectivity index (χ0) is 24.3. The van der Waals surface area contributed by atoms with Gasteiger partial charge in [0.15, 0.2) is 0 Å². The van der Waals surface area contributed by atoms with Crippen molar-refractivity contribution < 1.29 is 44.4 Å². The first-order valence-electron chi connectivity index (χ1n) is 10.0. The number of carboxylic acids is 4. The van der Waals surface area contributed by atoms with Crippen molar-refractivity contribution in [2.45, 2.75) is 12.5 Å². The van der Waals surface area contributed by atoms with E-state index in [1.54, 1.807) is 9.80 Å². The third-order valence-electron chi connectivity index (χ3n) is 5.01. The Morgan fingerprint density at radius 2 is 1.00 bits per heavy atom. The van der Waals surface area contributed by atoms with Crippen LogP contribution in [0.25, 0.3) is 0 Å². The molecule has 0 aromatic carbocycles. The standard InChI is InChI=1S/C18H31N5O9/c19-14(24)7-13-8-22(11-17(29)30)4-3-20(9-15(25)26)1-2-21(10-16(27)28)5-6-23(13)12-18(31)32/h13H,1-12H2,(H2,19,24)(H,25,26)(H,27,28)(H,29,30)(H,31,32). The van der Waals surface area contributed by atoms with Crippen LogP contribution >= 0.6 is 0 Å². The number of carbonyl (C=O) groups excluding carboxylic acids is 1. The quantitative estimate of drug-likeness (QED) is 0.217. The van der Waals surface area contributed by atoms with E-state index in [-0.39, 0.29) is 71.9 Å². The predicted molar refractivity (Wildman–Crippen MR) is 109 cm³/mol. The molecule has 1 atom stereocenters. The second-order valence-corrected chi connectivity index (χ2v) is 7.66. The van der Waals surface area contributed by atoms with Crippen LogP contribution in [0.15, 0.2) is 0 Å². The predicted octanol–water partition coefficient (Wildman–Crippen LogP) is -3.21. The summed E-state index contributed by atoms with van der Waals surface area (Å²) in [4.78, 5) is 62.9. The zero-order valence-corrected chi connectivity index (χ0v) is 17.8. The van der Waals surface area contributed by atoms with E-state index in [0.29, 0.717) is 0 Å². The number of carboxylic acid groups (broad SMARTS) is 4. The van der Waals surface area contributed by atoms with Gasteiger partial charge in [0.1, 0.15) is 0 Å². The Hall–Kier alpha value is -2.81. The average Bonchev–Trinajstić information content (AvgIpc) is 2.63. The second-order valence-electron chi connectivity index (χ2n) is 7.66. The molecular formula is C18H31N5O9. The lowest BCUT2D eigenvalue weighted by Crippen LogP contribution is -2.53. The summed E-state index contributed by atoms with van der Waals surface area (Å²) in [5.74, 6) is -5.15. The fraction of sp³-hybridized carbons (Fsp3) is 0.722. The molecule has 14 heteroatoms. The Bertz CT molecular complexity index is 690. The highest BCUT2D eigenvalue weighted by atomic mass is 16.4. The molecule has 1 amide bonds.